The molecule has 1 aromatic carbocycles. The Labute approximate surface area is 140 Å². The summed E-state index contributed by atoms with van der Waals surface area (Å²) in [7, 11) is 1.82. The lowest BCUT2D eigenvalue weighted by atomic mass is 10.1. The highest BCUT2D eigenvalue weighted by Gasteiger charge is 2.18. The van der Waals surface area contributed by atoms with Crippen LogP contribution in [0.3, 0.4) is 0 Å². The van der Waals surface area contributed by atoms with Crippen LogP contribution in [0.5, 0.6) is 11.5 Å². The summed E-state index contributed by atoms with van der Waals surface area (Å²) < 4.78 is 10.7. The van der Waals surface area contributed by atoms with E-state index >= 15 is 0 Å². The van der Waals surface area contributed by atoms with Crippen LogP contribution in [0, 0.1) is 5.92 Å². The van der Waals surface area contributed by atoms with E-state index < -0.39 is 0 Å². The number of halogens is 1. The number of hydrogen-bond acceptors (Lipinski definition) is 5. The van der Waals surface area contributed by atoms with Crippen molar-refractivity contribution in [2.45, 2.75) is 6.92 Å². The average molecular weight is 339 g/mol. The predicted octanol–water partition coefficient (Wildman–Crippen LogP) is 2.02. The van der Waals surface area contributed by atoms with Crippen LogP contribution >= 0.6 is 12.4 Å². The maximum absolute atomic E-state index is 12.1. The monoisotopic (exact) mass is 338 g/mol. The number of carbonyl (C=O) groups is 1. The second kappa shape index (κ2) is 7.34. The number of carbonyl (C=O) groups excluding carboxylic acids is 1. The molecule has 0 fully saturated rings. The molecule has 8 heteroatoms. The Bertz CT molecular complexity index is 689. The van der Waals surface area contributed by atoms with E-state index in [4.69, 9.17) is 9.47 Å². The molecule has 3 N–H and O–H groups in total. The molecule has 23 heavy (non-hydrogen) atoms. The summed E-state index contributed by atoms with van der Waals surface area (Å²) in [5.41, 5.74) is 1.71. The van der Waals surface area contributed by atoms with Gasteiger partial charge >= 0.3 is 0 Å². The van der Waals surface area contributed by atoms with Crippen LogP contribution < -0.4 is 20.1 Å². The third-order valence-electron chi connectivity index (χ3n) is 3.53. The number of aromatic nitrogens is 2. The summed E-state index contributed by atoms with van der Waals surface area (Å²) in [6.07, 6.45) is 1.68. The van der Waals surface area contributed by atoms with Gasteiger partial charge in [0.25, 0.3) is 0 Å². The lowest BCUT2D eigenvalue weighted by Crippen LogP contribution is -2.28. The first kappa shape index (κ1) is 17.1. The van der Waals surface area contributed by atoms with Crippen molar-refractivity contribution in [3.63, 3.8) is 0 Å². The molecule has 1 atom stereocenters. The van der Waals surface area contributed by atoms with Gasteiger partial charge in [0.15, 0.2) is 11.5 Å². The molecule has 1 unspecified atom stereocenters. The molecule has 1 aliphatic heterocycles. The maximum Gasteiger partial charge on any atom is 0.231 e. The van der Waals surface area contributed by atoms with Gasteiger partial charge in [-0.05, 0) is 24.7 Å². The summed E-state index contributed by atoms with van der Waals surface area (Å²) in [4.78, 5) is 12.1. The van der Waals surface area contributed by atoms with Gasteiger partial charge in [-0.2, -0.15) is 5.10 Å². The predicted molar refractivity (Wildman–Crippen MR) is 89.1 cm³/mol. The van der Waals surface area contributed by atoms with Gasteiger partial charge in [0.05, 0.1) is 6.20 Å². The van der Waals surface area contributed by atoms with Crippen LogP contribution in [0.4, 0.5) is 5.82 Å². The van der Waals surface area contributed by atoms with Crippen LogP contribution in [0.15, 0.2) is 24.4 Å². The van der Waals surface area contributed by atoms with Crippen molar-refractivity contribution in [3.05, 3.63) is 24.4 Å². The van der Waals surface area contributed by atoms with Gasteiger partial charge in [-0.3, -0.25) is 9.89 Å². The molecule has 0 radical (unpaired) electrons. The number of rotatable bonds is 5. The number of aromatic amines is 1. The highest BCUT2D eigenvalue weighted by Crippen LogP contribution is 2.37. The van der Waals surface area contributed by atoms with Gasteiger partial charge in [0, 0.05) is 18.0 Å². The molecule has 124 valence electrons. The summed E-state index contributed by atoms with van der Waals surface area (Å²) in [5.74, 6) is 1.78. The molecule has 2 heterocycles. The van der Waals surface area contributed by atoms with E-state index in [0.29, 0.717) is 18.1 Å². The number of H-pyrrole nitrogens is 1. The van der Waals surface area contributed by atoms with Crippen molar-refractivity contribution in [1.29, 1.82) is 0 Å². The van der Waals surface area contributed by atoms with E-state index in [1.54, 1.807) is 6.20 Å². The molecule has 0 spiro atoms. The fraction of sp³-hybridized carbons (Fsp3) is 0.333. The first-order chi connectivity index (χ1) is 10.7. The van der Waals surface area contributed by atoms with Gasteiger partial charge < -0.3 is 20.1 Å². The Balaban J connectivity index is 0.00000192. The number of nitrogens with zero attached hydrogens (tertiary/aromatic N) is 1. The Morgan fingerprint density at radius 3 is 2.96 bits per heavy atom. The third-order valence-corrected chi connectivity index (χ3v) is 3.53. The minimum absolute atomic E-state index is 0. The van der Waals surface area contributed by atoms with Crippen molar-refractivity contribution in [3.8, 4) is 22.6 Å². The molecular weight excluding hydrogens is 320 g/mol. The van der Waals surface area contributed by atoms with Crippen LogP contribution in [-0.2, 0) is 4.79 Å². The number of benzene rings is 1. The molecule has 3 rings (SSSR count). The molecular formula is C15H19ClN4O3. The lowest BCUT2D eigenvalue weighted by Gasteiger charge is -2.11. The Kier molecular flexibility index (Phi) is 5.46. The lowest BCUT2D eigenvalue weighted by molar-refractivity contribution is -0.119. The van der Waals surface area contributed by atoms with E-state index in [9.17, 15) is 4.79 Å². The van der Waals surface area contributed by atoms with E-state index in [1.165, 1.54) is 0 Å². The van der Waals surface area contributed by atoms with Crippen molar-refractivity contribution in [1.82, 2.24) is 15.5 Å². The topological polar surface area (TPSA) is 88.3 Å². The minimum atomic E-state index is -0.141. The van der Waals surface area contributed by atoms with E-state index in [1.807, 2.05) is 32.2 Å². The number of anilines is 1. The fourth-order valence-electron chi connectivity index (χ4n) is 2.31. The smallest absolute Gasteiger partial charge is 0.231 e. The van der Waals surface area contributed by atoms with Gasteiger partial charge in [0.1, 0.15) is 5.82 Å². The molecule has 7 nitrogen and oxygen atoms in total. The van der Waals surface area contributed by atoms with E-state index in [0.717, 1.165) is 16.9 Å². The number of ether oxygens (including phenoxy) is 2. The zero-order valence-corrected chi connectivity index (χ0v) is 13.7. The summed E-state index contributed by atoms with van der Waals surface area (Å²) >= 11 is 0. The van der Waals surface area contributed by atoms with E-state index in [2.05, 4.69) is 20.8 Å². The Morgan fingerprint density at radius 2 is 2.17 bits per heavy atom. The zero-order chi connectivity index (χ0) is 15.5. The van der Waals surface area contributed by atoms with Crippen molar-refractivity contribution >= 4 is 24.1 Å². The number of hydrogen-bond donors (Lipinski definition) is 3. The molecule has 0 aliphatic carbocycles. The van der Waals surface area contributed by atoms with Gasteiger partial charge in [-0.15, -0.1) is 12.4 Å². The highest BCUT2D eigenvalue weighted by molar-refractivity contribution is 5.95. The van der Waals surface area contributed by atoms with Crippen LogP contribution in [0.25, 0.3) is 11.1 Å². The molecule has 0 saturated carbocycles. The van der Waals surface area contributed by atoms with Gasteiger partial charge in [-0.25, -0.2) is 0 Å². The van der Waals surface area contributed by atoms with Crippen LogP contribution in [-0.4, -0.2) is 36.5 Å². The summed E-state index contributed by atoms with van der Waals surface area (Å²) in [5, 5.41) is 12.7. The molecule has 1 aromatic heterocycles. The molecule has 1 amide bonds. The molecule has 0 bridgehead atoms. The van der Waals surface area contributed by atoms with Crippen LogP contribution in [0.2, 0.25) is 0 Å². The standard InChI is InChI=1S/C15H18N4O3.ClH/c1-9(6-16-2)15(20)18-14-11(7-17-19-14)10-3-4-12-13(5-10)22-8-21-12;/h3-5,7,9,16H,6,8H2,1-2H3,(H2,17,18,19,20);1H. The van der Waals surface area contributed by atoms with Gasteiger partial charge in [-0.1, -0.05) is 13.0 Å². The third kappa shape index (κ3) is 3.57. The molecule has 1 aliphatic rings. The number of fused-ring (bicyclic) bond motifs is 1. The first-order valence-corrected chi connectivity index (χ1v) is 7.08. The normalized spacial score (nSPS) is 13.3. The summed E-state index contributed by atoms with van der Waals surface area (Å²) in [6, 6.07) is 5.63. The second-order valence-electron chi connectivity index (χ2n) is 5.17. The molecule has 0 saturated heterocycles. The maximum atomic E-state index is 12.1. The van der Waals surface area contributed by atoms with E-state index in [-0.39, 0.29) is 31.0 Å². The van der Waals surface area contributed by atoms with Crippen molar-refractivity contribution in [2.24, 2.45) is 5.92 Å². The van der Waals surface area contributed by atoms with Crippen LogP contribution in [0.1, 0.15) is 6.92 Å². The van der Waals surface area contributed by atoms with Crippen molar-refractivity contribution in [2.75, 3.05) is 25.7 Å². The second-order valence-corrected chi connectivity index (χ2v) is 5.17. The number of amides is 1. The zero-order valence-electron chi connectivity index (χ0n) is 12.9. The number of nitrogens with one attached hydrogen (secondary N) is 3. The largest absolute Gasteiger partial charge is 0.454 e. The Hall–Kier alpha value is -2.25. The quantitative estimate of drug-likeness (QED) is 0.776. The molecule has 2 aromatic rings. The Morgan fingerprint density at radius 1 is 1.39 bits per heavy atom. The highest BCUT2D eigenvalue weighted by atomic mass is 35.5. The summed E-state index contributed by atoms with van der Waals surface area (Å²) in [6.45, 7) is 2.71. The van der Waals surface area contributed by atoms with Gasteiger partial charge in [0.2, 0.25) is 12.7 Å². The first-order valence-electron chi connectivity index (χ1n) is 7.08. The van der Waals surface area contributed by atoms with Crippen molar-refractivity contribution < 1.29 is 14.3 Å². The fourth-order valence-corrected chi connectivity index (χ4v) is 2.31. The SMILES string of the molecule is CNCC(C)C(=O)Nc1[nH]ncc1-c1ccc2c(c1)OCO2.Cl. The average Bonchev–Trinajstić information content (AvgIpc) is 3.15. The minimum Gasteiger partial charge on any atom is -0.454 e.